The molecule has 0 bridgehead atoms. The zero-order chi connectivity index (χ0) is 12.3. The highest BCUT2D eigenvalue weighted by molar-refractivity contribution is 6.05. The zero-order valence-corrected chi connectivity index (χ0v) is 8.65. The second-order valence-corrected chi connectivity index (χ2v) is 3.24. The molecule has 5 heteroatoms. The Hall–Kier alpha value is -2.30. The highest BCUT2D eigenvalue weighted by atomic mass is 16.4. The molecule has 0 saturated heterocycles. The third-order valence-electron chi connectivity index (χ3n) is 1.90. The first kappa shape index (κ1) is 11.8. The number of hydrogen-bond acceptors (Lipinski definition) is 3. The fourth-order valence-electron chi connectivity index (χ4n) is 1.05. The van der Waals surface area contributed by atoms with E-state index in [1.807, 2.05) is 0 Å². The Balaban J connectivity index is 3.07. The summed E-state index contributed by atoms with van der Waals surface area (Å²) in [5, 5.41) is 20.7. The number of phenols is 1. The van der Waals surface area contributed by atoms with Crippen molar-refractivity contribution in [2.75, 3.05) is 5.32 Å². The van der Waals surface area contributed by atoms with E-state index >= 15 is 0 Å². The van der Waals surface area contributed by atoms with Crippen molar-refractivity contribution in [2.24, 2.45) is 0 Å². The third kappa shape index (κ3) is 2.38. The Bertz CT molecular complexity index is 465. The first-order chi connectivity index (χ1) is 7.43. The van der Waals surface area contributed by atoms with Crippen molar-refractivity contribution in [2.45, 2.75) is 6.92 Å². The van der Waals surface area contributed by atoms with E-state index in [-0.39, 0.29) is 16.8 Å². The lowest BCUT2D eigenvalue weighted by Crippen LogP contribution is -2.12. The van der Waals surface area contributed by atoms with E-state index in [0.717, 1.165) is 0 Å². The largest absolute Gasteiger partial charge is 0.505 e. The minimum Gasteiger partial charge on any atom is -0.505 e. The van der Waals surface area contributed by atoms with Crippen LogP contribution in [0.1, 0.15) is 17.3 Å². The summed E-state index contributed by atoms with van der Waals surface area (Å²) >= 11 is 0. The second kappa shape index (κ2) is 4.48. The summed E-state index contributed by atoms with van der Waals surface area (Å²) in [6.07, 6.45) is 0. The first-order valence-electron chi connectivity index (χ1n) is 4.45. The molecule has 5 nitrogen and oxygen atoms in total. The highest BCUT2D eigenvalue weighted by Crippen LogP contribution is 2.27. The van der Waals surface area contributed by atoms with Gasteiger partial charge in [0.2, 0.25) is 0 Å². The lowest BCUT2D eigenvalue weighted by Gasteiger charge is -2.08. The molecule has 1 aromatic carbocycles. The number of rotatable bonds is 3. The molecule has 0 unspecified atom stereocenters. The molecule has 1 amide bonds. The summed E-state index contributed by atoms with van der Waals surface area (Å²) in [6.45, 7) is 4.94. The molecule has 0 saturated carbocycles. The summed E-state index contributed by atoms with van der Waals surface area (Å²) in [5.74, 6) is -2.20. The molecular weight excluding hydrogens is 210 g/mol. The Morgan fingerprint density at radius 2 is 2.00 bits per heavy atom. The van der Waals surface area contributed by atoms with Crippen molar-refractivity contribution < 1.29 is 19.8 Å². The number of benzene rings is 1. The molecule has 1 rings (SSSR count). The van der Waals surface area contributed by atoms with Crippen molar-refractivity contribution in [1.29, 1.82) is 0 Å². The summed E-state index contributed by atoms with van der Waals surface area (Å²) in [6, 6.07) is 4.08. The lowest BCUT2D eigenvalue weighted by molar-refractivity contribution is -0.112. The molecule has 0 aliphatic heterocycles. The number of carboxylic acid groups (broad SMARTS) is 1. The van der Waals surface area contributed by atoms with Crippen molar-refractivity contribution >= 4 is 17.6 Å². The number of anilines is 1. The standard InChI is InChI=1S/C11H11NO4/c1-6(2)10(14)12-8-5-3-4-7(9(8)13)11(15)16/h3-5,13H,1H2,2H3,(H,12,14)(H,15,16). The predicted molar refractivity (Wildman–Crippen MR) is 58.5 cm³/mol. The maximum atomic E-state index is 11.3. The smallest absolute Gasteiger partial charge is 0.339 e. The quantitative estimate of drug-likeness (QED) is 0.534. The van der Waals surface area contributed by atoms with Gasteiger partial charge in [-0.05, 0) is 19.1 Å². The van der Waals surface area contributed by atoms with E-state index in [1.165, 1.54) is 25.1 Å². The highest BCUT2D eigenvalue weighted by Gasteiger charge is 2.14. The maximum Gasteiger partial charge on any atom is 0.339 e. The van der Waals surface area contributed by atoms with E-state index in [1.54, 1.807) is 0 Å². The van der Waals surface area contributed by atoms with Crippen molar-refractivity contribution in [3.05, 3.63) is 35.9 Å². The summed E-state index contributed by atoms with van der Waals surface area (Å²) in [7, 11) is 0. The van der Waals surface area contributed by atoms with Gasteiger partial charge in [0.05, 0.1) is 5.69 Å². The van der Waals surface area contributed by atoms with Gasteiger partial charge in [-0.25, -0.2) is 4.79 Å². The fraction of sp³-hybridized carbons (Fsp3) is 0.0909. The van der Waals surface area contributed by atoms with Crippen LogP contribution in [0.25, 0.3) is 0 Å². The second-order valence-electron chi connectivity index (χ2n) is 3.24. The van der Waals surface area contributed by atoms with Gasteiger partial charge in [-0.3, -0.25) is 4.79 Å². The van der Waals surface area contributed by atoms with Gasteiger partial charge < -0.3 is 15.5 Å². The number of nitrogens with one attached hydrogen (secondary N) is 1. The number of carboxylic acids is 1. The molecule has 0 aromatic heterocycles. The molecule has 0 aliphatic rings. The molecule has 0 aliphatic carbocycles. The molecule has 0 fully saturated rings. The van der Waals surface area contributed by atoms with Gasteiger partial charge in [-0.1, -0.05) is 12.6 Å². The van der Waals surface area contributed by atoms with E-state index in [2.05, 4.69) is 11.9 Å². The molecule has 0 atom stereocenters. The minimum absolute atomic E-state index is 0.0490. The number of aromatic carboxylic acids is 1. The number of carbonyl (C=O) groups excluding carboxylic acids is 1. The van der Waals surface area contributed by atoms with E-state index < -0.39 is 17.6 Å². The Morgan fingerprint density at radius 1 is 1.38 bits per heavy atom. The van der Waals surface area contributed by atoms with Crippen LogP contribution >= 0.6 is 0 Å². The van der Waals surface area contributed by atoms with Gasteiger partial charge in [0, 0.05) is 5.57 Å². The third-order valence-corrected chi connectivity index (χ3v) is 1.90. The van der Waals surface area contributed by atoms with Crippen LogP contribution in [-0.2, 0) is 4.79 Å². The van der Waals surface area contributed by atoms with Gasteiger partial charge in [0.15, 0.2) is 5.75 Å². The molecule has 0 radical (unpaired) electrons. The molecule has 16 heavy (non-hydrogen) atoms. The van der Waals surface area contributed by atoms with Crippen LogP contribution < -0.4 is 5.32 Å². The molecule has 3 N–H and O–H groups in total. The lowest BCUT2D eigenvalue weighted by atomic mass is 10.1. The number of amides is 1. The Kier molecular flexibility index (Phi) is 3.30. The van der Waals surface area contributed by atoms with Gasteiger partial charge >= 0.3 is 5.97 Å². The van der Waals surface area contributed by atoms with Gasteiger partial charge in [0.25, 0.3) is 5.91 Å². The molecule has 1 aromatic rings. The van der Waals surface area contributed by atoms with Crippen LogP contribution in [0.2, 0.25) is 0 Å². The number of hydrogen-bond donors (Lipinski definition) is 3. The van der Waals surface area contributed by atoms with E-state index in [9.17, 15) is 14.7 Å². The SMILES string of the molecule is C=C(C)C(=O)Nc1cccc(C(=O)O)c1O. The van der Waals surface area contributed by atoms with Crippen molar-refractivity contribution in [3.63, 3.8) is 0 Å². The number of para-hydroxylation sites is 1. The first-order valence-corrected chi connectivity index (χ1v) is 4.45. The normalized spacial score (nSPS) is 9.56. The van der Waals surface area contributed by atoms with Crippen molar-refractivity contribution in [1.82, 2.24) is 0 Å². The average molecular weight is 221 g/mol. The average Bonchev–Trinajstić information content (AvgIpc) is 2.20. The molecular formula is C11H11NO4. The summed E-state index contributed by atoms with van der Waals surface area (Å²) < 4.78 is 0. The zero-order valence-electron chi connectivity index (χ0n) is 8.65. The Morgan fingerprint density at radius 3 is 2.50 bits per heavy atom. The summed E-state index contributed by atoms with van der Waals surface area (Å²) in [5.41, 5.74) is 0.0487. The number of carbonyl (C=O) groups is 2. The van der Waals surface area contributed by atoms with Gasteiger partial charge in [-0.2, -0.15) is 0 Å². The minimum atomic E-state index is -1.26. The van der Waals surface area contributed by atoms with Crippen LogP contribution in [0.3, 0.4) is 0 Å². The molecule has 84 valence electrons. The predicted octanol–water partition coefficient (Wildman–Crippen LogP) is 1.60. The van der Waals surface area contributed by atoms with Gasteiger partial charge in [-0.15, -0.1) is 0 Å². The van der Waals surface area contributed by atoms with Crippen LogP contribution in [-0.4, -0.2) is 22.1 Å². The van der Waals surface area contributed by atoms with E-state index in [4.69, 9.17) is 5.11 Å². The monoisotopic (exact) mass is 221 g/mol. The van der Waals surface area contributed by atoms with Crippen molar-refractivity contribution in [3.8, 4) is 5.75 Å². The van der Waals surface area contributed by atoms with Crippen LogP contribution in [0.4, 0.5) is 5.69 Å². The van der Waals surface area contributed by atoms with E-state index in [0.29, 0.717) is 0 Å². The van der Waals surface area contributed by atoms with Crippen LogP contribution in [0.5, 0.6) is 5.75 Å². The topological polar surface area (TPSA) is 86.6 Å². The van der Waals surface area contributed by atoms with Gasteiger partial charge in [0.1, 0.15) is 5.56 Å². The Labute approximate surface area is 92.0 Å². The fourth-order valence-corrected chi connectivity index (χ4v) is 1.05. The number of aromatic hydroxyl groups is 1. The van der Waals surface area contributed by atoms with Crippen LogP contribution in [0.15, 0.2) is 30.4 Å². The maximum absolute atomic E-state index is 11.3. The summed E-state index contributed by atoms with van der Waals surface area (Å²) in [4.78, 5) is 22.0. The van der Waals surface area contributed by atoms with Crippen LogP contribution in [0, 0.1) is 0 Å². The molecule has 0 spiro atoms. The molecule has 0 heterocycles.